The van der Waals surface area contributed by atoms with Gasteiger partial charge >= 0.3 is 15.6 Å². The highest BCUT2D eigenvalue weighted by atomic mass is 31.3. The van der Waals surface area contributed by atoms with Crippen molar-refractivity contribution in [2.45, 2.75) is 46.1 Å². The zero-order valence-electron chi connectivity index (χ0n) is 11.1. The molecule has 112 valence electrons. The van der Waals surface area contributed by atoms with Gasteiger partial charge in [0.1, 0.15) is 0 Å². The standard InChI is InChI=1S/C10H20O7P2/c1-9(2)7-4-5-10(9,3)8(6-7)16-19(14,15)17-18(11,12)13/h7-8H,4-6H2,1-3H3,(H,14,15)(H2,11,12,13)/t7-,8-,10+/m0/s1. The number of rotatable bonds is 4. The van der Waals surface area contributed by atoms with Gasteiger partial charge in [0.25, 0.3) is 0 Å². The van der Waals surface area contributed by atoms with Crippen molar-refractivity contribution in [3.63, 3.8) is 0 Å². The monoisotopic (exact) mass is 314 g/mol. The summed E-state index contributed by atoms with van der Waals surface area (Å²) >= 11 is 0. The maximum Gasteiger partial charge on any atom is 0.481 e. The predicted molar refractivity (Wildman–Crippen MR) is 67.1 cm³/mol. The SMILES string of the molecule is CC1(C)[C@H]2CC[C@]1(C)[C@@H](OP(=O)(O)OP(=O)(O)O)C2. The second-order valence-electron chi connectivity index (χ2n) is 6.25. The highest BCUT2D eigenvalue weighted by molar-refractivity contribution is 7.60. The number of fused-ring (bicyclic) bond motifs is 2. The van der Waals surface area contributed by atoms with Crippen molar-refractivity contribution in [3.8, 4) is 0 Å². The van der Waals surface area contributed by atoms with Crippen molar-refractivity contribution in [2.75, 3.05) is 0 Å². The molecule has 3 N–H and O–H groups in total. The number of phosphoric acid groups is 2. The quantitative estimate of drug-likeness (QED) is 0.683. The van der Waals surface area contributed by atoms with Crippen molar-refractivity contribution < 1.29 is 32.6 Å². The van der Waals surface area contributed by atoms with Crippen LogP contribution in [0.3, 0.4) is 0 Å². The van der Waals surface area contributed by atoms with E-state index in [4.69, 9.17) is 14.3 Å². The molecule has 0 aromatic rings. The van der Waals surface area contributed by atoms with Gasteiger partial charge in [-0.3, -0.25) is 4.52 Å². The lowest BCUT2D eigenvalue weighted by Gasteiger charge is -2.38. The third kappa shape index (κ3) is 2.70. The largest absolute Gasteiger partial charge is 0.481 e. The van der Waals surface area contributed by atoms with Gasteiger partial charge in [-0.1, -0.05) is 20.8 Å². The minimum absolute atomic E-state index is 0.0280. The predicted octanol–water partition coefficient (Wildman–Crippen LogP) is 2.43. The van der Waals surface area contributed by atoms with E-state index in [1.54, 1.807) is 0 Å². The Morgan fingerprint density at radius 1 is 1.16 bits per heavy atom. The third-order valence-corrected chi connectivity index (χ3v) is 7.38. The van der Waals surface area contributed by atoms with Crippen LogP contribution in [-0.2, 0) is 18.0 Å². The minimum atomic E-state index is -5.05. The molecular formula is C10H20O7P2. The molecule has 7 nitrogen and oxygen atoms in total. The summed E-state index contributed by atoms with van der Waals surface area (Å²) in [7, 11) is -9.81. The molecule has 0 aliphatic heterocycles. The fourth-order valence-corrected chi connectivity index (χ4v) is 5.47. The second-order valence-corrected chi connectivity index (χ2v) is 9.03. The normalized spacial score (nSPS) is 40.3. The van der Waals surface area contributed by atoms with Crippen LogP contribution in [0.25, 0.3) is 0 Å². The van der Waals surface area contributed by atoms with Gasteiger partial charge < -0.3 is 14.7 Å². The average Bonchev–Trinajstić information content (AvgIpc) is 2.45. The molecule has 2 fully saturated rings. The molecule has 0 aromatic carbocycles. The van der Waals surface area contributed by atoms with E-state index < -0.39 is 21.7 Å². The topological polar surface area (TPSA) is 113 Å². The summed E-state index contributed by atoms with van der Waals surface area (Å²) in [6.45, 7) is 6.18. The second kappa shape index (κ2) is 4.38. The maximum atomic E-state index is 11.6. The molecule has 19 heavy (non-hydrogen) atoms. The van der Waals surface area contributed by atoms with Crippen LogP contribution in [0.5, 0.6) is 0 Å². The minimum Gasteiger partial charge on any atom is -0.302 e. The van der Waals surface area contributed by atoms with E-state index in [0.717, 1.165) is 12.8 Å². The van der Waals surface area contributed by atoms with Crippen LogP contribution >= 0.6 is 15.6 Å². The van der Waals surface area contributed by atoms with Gasteiger partial charge in [0.2, 0.25) is 0 Å². The molecular weight excluding hydrogens is 294 g/mol. The van der Waals surface area contributed by atoms with E-state index in [1.807, 2.05) is 6.92 Å². The summed E-state index contributed by atoms with van der Waals surface area (Å²) in [6.07, 6.45) is 1.99. The Bertz CT molecular complexity index is 470. The molecule has 9 heteroatoms. The van der Waals surface area contributed by atoms with Crippen molar-refractivity contribution >= 4 is 15.6 Å². The van der Waals surface area contributed by atoms with Gasteiger partial charge in [0.15, 0.2) is 0 Å². The van der Waals surface area contributed by atoms with Crippen molar-refractivity contribution in [3.05, 3.63) is 0 Å². The molecule has 1 unspecified atom stereocenters. The molecule has 0 saturated heterocycles. The zero-order chi connectivity index (χ0) is 14.7. The van der Waals surface area contributed by atoms with Gasteiger partial charge in [-0.25, -0.2) is 9.13 Å². The van der Waals surface area contributed by atoms with Crippen LogP contribution in [0.15, 0.2) is 0 Å². The molecule has 2 bridgehead atoms. The van der Waals surface area contributed by atoms with Gasteiger partial charge in [-0.2, -0.15) is 4.31 Å². The van der Waals surface area contributed by atoms with Gasteiger partial charge in [0, 0.05) is 0 Å². The molecule has 0 amide bonds. The van der Waals surface area contributed by atoms with Crippen molar-refractivity contribution in [2.24, 2.45) is 16.7 Å². The third-order valence-electron chi connectivity index (χ3n) is 5.18. The van der Waals surface area contributed by atoms with Crippen LogP contribution in [0.4, 0.5) is 0 Å². The van der Waals surface area contributed by atoms with E-state index in [1.165, 1.54) is 0 Å². The molecule has 2 saturated carbocycles. The van der Waals surface area contributed by atoms with Crippen LogP contribution in [-0.4, -0.2) is 20.8 Å². The molecule has 0 aromatic heterocycles. The fraction of sp³-hybridized carbons (Fsp3) is 1.00. The van der Waals surface area contributed by atoms with Crippen molar-refractivity contribution in [1.82, 2.24) is 0 Å². The van der Waals surface area contributed by atoms with Crippen LogP contribution < -0.4 is 0 Å². The summed E-state index contributed by atoms with van der Waals surface area (Å²) in [5.41, 5.74) is -0.311. The molecule has 2 aliphatic rings. The van der Waals surface area contributed by atoms with E-state index >= 15 is 0 Å². The lowest BCUT2D eigenvalue weighted by molar-refractivity contribution is 0.0107. The first-order chi connectivity index (χ1) is 8.37. The van der Waals surface area contributed by atoms with Crippen LogP contribution in [0, 0.1) is 16.7 Å². The van der Waals surface area contributed by atoms with Crippen LogP contribution in [0.2, 0.25) is 0 Å². The highest BCUT2D eigenvalue weighted by Gasteiger charge is 2.63. The molecule has 0 heterocycles. The summed E-state index contributed by atoms with van der Waals surface area (Å²) in [4.78, 5) is 26.6. The Labute approximate surface area is 112 Å². The number of hydrogen-bond acceptors (Lipinski definition) is 4. The van der Waals surface area contributed by atoms with Gasteiger partial charge in [-0.05, 0) is 36.0 Å². The summed E-state index contributed by atoms with van der Waals surface area (Å²) in [5.74, 6) is 0.387. The van der Waals surface area contributed by atoms with E-state index in [9.17, 15) is 14.0 Å². The molecule has 0 radical (unpaired) electrons. The Morgan fingerprint density at radius 2 is 1.74 bits per heavy atom. The lowest BCUT2D eigenvalue weighted by Crippen LogP contribution is -2.36. The van der Waals surface area contributed by atoms with E-state index in [-0.39, 0.29) is 10.8 Å². The smallest absolute Gasteiger partial charge is 0.302 e. The Hall–Kier alpha value is 0.260. The first-order valence-electron chi connectivity index (χ1n) is 6.15. The summed E-state index contributed by atoms with van der Waals surface area (Å²) in [5, 5.41) is 0. The van der Waals surface area contributed by atoms with Gasteiger partial charge in [-0.15, -0.1) is 0 Å². The Balaban J connectivity index is 2.14. The van der Waals surface area contributed by atoms with E-state index in [2.05, 4.69) is 18.2 Å². The fourth-order valence-electron chi connectivity index (χ4n) is 3.60. The van der Waals surface area contributed by atoms with Crippen LogP contribution in [0.1, 0.15) is 40.0 Å². The summed E-state index contributed by atoms with van der Waals surface area (Å²) < 4.78 is 31.2. The first kappa shape index (κ1) is 15.6. The maximum absolute atomic E-state index is 11.6. The molecule has 2 aliphatic carbocycles. The Morgan fingerprint density at radius 3 is 2.11 bits per heavy atom. The Kier molecular flexibility index (Phi) is 3.60. The van der Waals surface area contributed by atoms with Gasteiger partial charge in [0.05, 0.1) is 6.10 Å². The lowest BCUT2D eigenvalue weighted by atomic mass is 9.70. The number of phosphoric ester groups is 1. The highest BCUT2D eigenvalue weighted by Crippen LogP contribution is 2.69. The molecule has 4 atom stereocenters. The zero-order valence-corrected chi connectivity index (χ0v) is 12.9. The average molecular weight is 314 g/mol. The summed E-state index contributed by atoms with van der Waals surface area (Å²) in [6, 6.07) is 0. The first-order valence-corrected chi connectivity index (χ1v) is 9.18. The van der Waals surface area contributed by atoms with E-state index in [0.29, 0.717) is 12.3 Å². The number of hydrogen-bond donors (Lipinski definition) is 3. The van der Waals surface area contributed by atoms with Crippen molar-refractivity contribution in [1.29, 1.82) is 0 Å². The molecule has 0 spiro atoms. The molecule has 2 rings (SSSR count).